The van der Waals surface area contributed by atoms with Crippen LogP contribution in [0.25, 0.3) is 0 Å². The van der Waals surface area contributed by atoms with Gasteiger partial charge in [-0.05, 0) is 30.7 Å². The molecule has 0 spiro atoms. The Bertz CT molecular complexity index is 773. The van der Waals surface area contributed by atoms with Crippen LogP contribution >= 0.6 is 23.4 Å². The van der Waals surface area contributed by atoms with E-state index in [1.165, 1.54) is 0 Å². The zero-order chi connectivity index (χ0) is 16.2. The third kappa shape index (κ3) is 3.43. The number of para-hydroxylation sites is 1. The summed E-state index contributed by atoms with van der Waals surface area (Å²) in [4.78, 5) is 19.0. The van der Waals surface area contributed by atoms with Gasteiger partial charge in [-0.3, -0.25) is 4.79 Å². The predicted octanol–water partition coefficient (Wildman–Crippen LogP) is 5.00. The number of nitrogens with one attached hydrogen (secondary N) is 1. The lowest BCUT2D eigenvalue weighted by Gasteiger charge is -2.11. The number of unbranched alkanes of at least 4 members (excludes halogenated alkanes) is 1. The van der Waals surface area contributed by atoms with Crippen molar-refractivity contribution in [3.05, 3.63) is 53.6 Å². The van der Waals surface area contributed by atoms with E-state index in [0.717, 1.165) is 28.3 Å². The highest BCUT2D eigenvalue weighted by molar-refractivity contribution is 7.99. The summed E-state index contributed by atoms with van der Waals surface area (Å²) in [5.41, 5.74) is 2.12. The van der Waals surface area contributed by atoms with Crippen LogP contribution < -0.4 is 5.32 Å². The largest absolute Gasteiger partial charge is 0.352 e. The zero-order valence-corrected chi connectivity index (χ0v) is 14.4. The molecule has 0 atom stereocenters. The summed E-state index contributed by atoms with van der Waals surface area (Å²) in [6.07, 6.45) is 2.00. The number of carbonyl (C=O) groups is 1. The van der Waals surface area contributed by atoms with Crippen molar-refractivity contribution in [2.75, 3.05) is 6.54 Å². The van der Waals surface area contributed by atoms with Gasteiger partial charge < -0.3 is 5.32 Å². The fourth-order valence-electron chi connectivity index (χ4n) is 2.41. The van der Waals surface area contributed by atoms with Gasteiger partial charge in [0.05, 0.1) is 11.3 Å². The van der Waals surface area contributed by atoms with Crippen LogP contribution in [-0.4, -0.2) is 17.6 Å². The van der Waals surface area contributed by atoms with Gasteiger partial charge in [0.2, 0.25) is 0 Å². The quantitative estimate of drug-likeness (QED) is 0.793. The van der Waals surface area contributed by atoms with E-state index in [1.807, 2.05) is 36.4 Å². The Hall–Kier alpha value is -1.78. The molecule has 0 aromatic heterocycles. The van der Waals surface area contributed by atoms with Gasteiger partial charge in [0, 0.05) is 21.9 Å². The lowest BCUT2D eigenvalue weighted by molar-refractivity contribution is 0.0953. The molecule has 0 fully saturated rings. The molecule has 1 N–H and O–H groups in total. The summed E-state index contributed by atoms with van der Waals surface area (Å²) in [5, 5.41) is 3.31. The number of benzene rings is 2. The molecule has 2 aromatic carbocycles. The average molecular weight is 345 g/mol. The SMILES string of the molecule is CCCCNC(=O)c1cccc2c1C(Cl)=Nc1ccccc1S2. The molecule has 2 aromatic rings. The first kappa shape index (κ1) is 16.1. The van der Waals surface area contributed by atoms with Crippen molar-refractivity contribution < 1.29 is 4.79 Å². The molecule has 0 bridgehead atoms. The first-order valence-electron chi connectivity index (χ1n) is 7.63. The Morgan fingerprint density at radius 2 is 1.96 bits per heavy atom. The second-order valence-electron chi connectivity index (χ2n) is 5.26. The molecule has 23 heavy (non-hydrogen) atoms. The second-order valence-corrected chi connectivity index (χ2v) is 6.70. The van der Waals surface area contributed by atoms with E-state index in [4.69, 9.17) is 11.6 Å². The van der Waals surface area contributed by atoms with Gasteiger partial charge in [0.15, 0.2) is 0 Å². The maximum absolute atomic E-state index is 12.5. The van der Waals surface area contributed by atoms with Gasteiger partial charge in [-0.2, -0.15) is 0 Å². The van der Waals surface area contributed by atoms with Gasteiger partial charge >= 0.3 is 0 Å². The number of hydrogen-bond acceptors (Lipinski definition) is 3. The maximum atomic E-state index is 12.5. The molecular weight excluding hydrogens is 328 g/mol. The van der Waals surface area contributed by atoms with E-state index in [-0.39, 0.29) is 5.91 Å². The van der Waals surface area contributed by atoms with Crippen LogP contribution in [0, 0.1) is 0 Å². The fourth-order valence-corrected chi connectivity index (χ4v) is 3.82. The molecule has 1 aliphatic heterocycles. The van der Waals surface area contributed by atoms with Gasteiger partial charge in [0.1, 0.15) is 5.17 Å². The normalized spacial score (nSPS) is 12.7. The standard InChI is InChI=1S/C18H17ClN2OS/c1-2-3-11-20-18(22)12-7-6-10-15-16(12)17(19)21-13-8-4-5-9-14(13)23-15/h4-10H,2-3,11H2,1H3,(H,20,22). The topological polar surface area (TPSA) is 41.5 Å². The number of carbonyl (C=O) groups excluding carboxylic acids is 1. The summed E-state index contributed by atoms with van der Waals surface area (Å²) >= 11 is 8.03. The summed E-state index contributed by atoms with van der Waals surface area (Å²) < 4.78 is 0. The molecule has 1 heterocycles. The highest BCUT2D eigenvalue weighted by atomic mass is 35.5. The first-order valence-corrected chi connectivity index (χ1v) is 8.83. The fraction of sp³-hybridized carbons (Fsp3) is 0.222. The van der Waals surface area contributed by atoms with Crippen LogP contribution in [0.3, 0.4) is 0 Å². The van der Waals surface area contributed by atoms with Crippen LogP contribution in [0.15, 0.2) is 57.2 Å². The van der Waals surface area contributed by atoms with Gasteiger partial charge in [-0.1, -0.05) is 54.9 Å². The summed E-state index contributed by atoms with van der Waals surface area (Å²) in [5.74, 6) is -0.102. The van der Waals surface area contributed by atoms with E-state index in [1.54, 1.807) is 17.8 Å². The summed E-state index contributed by atoms with van der Waals surface area (Å²) in [6, 6.07) is 13.5. The van der Waals surface area contributed by atoms with Crippen LogP contribution in [-0.2, 0) is 0 Å². The summed E-state index contributed by atoms with van der Waals surface area (Å²) in [6.45, 7) is 2.76. The molecule has 0 aliphatic carbocycles. The number of aliphatic imine (C=N–C) groups is 1. The van der Waals surface area contributed by atoms with Gasteiger partial charge in [-0.25, -0.2) is 4.99 Å². The molecule has 0 unspecified atom stereocenters. The van der Waals surface area contributed by atoms with Gasteiger partial charge in [0.25, 0.3) is 5.91 Å². The minimum atomic E-state index is -0.102. The van der Waals surface area contributed by atoms with E-state index < -0.39 is 0 Å². The number of fused-ring (bicyclic) bond motifs is 2. The van der Waals surface area contributed by atoms with Crippen molar-refractivity contribution in [2.24, 2.45) is 4.99 Å². The molecule has 3 rings (SSSR count). The molecule has 0 saturated heterocycles. The second kappa shape index (κ2) is 7.20. The van der Waals surface area contributed by atoms with Crippen LogP contribution in [0.2, 0.25) is 0 Å². The maximum Gasteiger partial charge on any atom is 0.252 e. The van der Waals surface area contributed by atoms with Gasteiger partial charge in [-0.15, -0.1) is 0 Å². The number of rotatable bonds is 4. The lowest BCUT2D eigenvalue weighted by atomic mass is 10.1. The van der Waals surface area contributed by atoms with Crippen molar-refractivity contribution in [1.29, 1.82) is 0 Å². The smallest absolute Gasteiger partial charge is 0.252 e. The Balaban J connectivity index is 2.01. The molecule has 118 valence electrons. The molecule has 3 nitrogen and oxygen atoms in total. The van der Waals surface area contributed by atoms with Crippen LogP contribution in [0.5, 0.6) is 0 Å². The van der Waals surface area contributed by atoms with E-state index in [0.29, 0.717) is 22.8 Å². The molecule has 0 radical (unpaired) electrons. The Morgan fingerprint density at radius 3 is 2.78 bits per heavy atom. The molecule has 0 saturated carbocycles. The minimum absolute atomic E-state index is 0.102. The van der Waals surface area contributed by atoms with E-state index in [9.17, 15) is 4.79 Å². The number of halogens is 1. The number of amides is 1. The molecule has 1 aliphatic rings. The predicted molar refractivity (Wildman–Crippen MR) is 96.3 cm³/mol. The van der Waals surface area contributed by atoms with Crippen LogP contribution in [0.1, 0.15) is 35.7 Å². The van der Waals surface area contributed by atoms with Crippen molar-refractivity contribution in [3.63, 3.8) is 0 Å². The third-order valence-corrected chi connectivity index (χ3v) is 5.00. The number of hydrogen-bond donors (Lipinski definition) is 1. The highest BCUT2D eigenvalue weighted by Gasteiger charge is 2.22. The molecule has 5 heteroatoms. The van der Waals surface area contributed by atoms with Crippen molar-refractivity contribution in [2.45, 2.75) is 29.6 Å². The highest BCUT2D eigenvalue weighted by Crippen LogP contribution is 2.41. The Morgan fingerprint density at radius 1 is 1.17 bits per heavy atom. The van der Waals surface area contributed by atoms with E-state index >= 15 is 0 Å². The Labute approximate surface area is 145 Å². The average Bonchev–Trinajstić information content (AvgIpc) is 2.70. The summed E-state index contributed by atoms with van der Waals surface area (Å²) in [7, 11) is 0. The van der Waals surface area contributed by atoms with Crippen molar-refractivity contribution >= 4 is 40.1 Å². The lowest BCUT2D eigenvalue weighted by Crippen LogP contribution is -2.26. The van der Waals surface area contributed by atoms with E-state index in [2.05, 4.69) is 17.2 Å². The Kier molecular flexibility index (Phi) is 5.03. The van der Waals surface area contributed by atoms with Crippen molar-refractivity contribution in [3.8, 4) is 0 Å². The van der Waals surface area contributed by atoms with Crippen molar-refractivity contribution in [1.82, 2.24) is 5.32 Å². The first-order chi connectivity index (χ1) is 11.2. The third-order valence-electron chi connectivity index (χ3n) is 3.60. The number of nitrogens with zero attached hydrogens (tertiary/aromatic N) is 1. The van der Waals surface area contributed by atoms with Crippen LogP contribution in [0.4, 0.5) is 5.69 Å². The monoisotopic (exact) mass is 344 g/mol. The minimum Gasteiger partial charge on any atom is -0.352 e. The molecular formula is C18H17ClN2OS. The molecule has 1 amide bonds. The zero-order valence-electron chi connectivity index (χ0n) is 12.8.